The molecule has 3 N–H and O–H groups in total. The van der Waals surface area contributed by atoms with E-state index in [1.54, 1.807) is 12.1 Å². The molecule has 0 amide bonds. The Kier molecular flexibility index (Phi) is 4.64. The second kappa shape index (κ2) is 6.44. The molecule has 4 heteroatoms. The topological polar surface area (TPSA) is 65.1 Å². The Hall–Kier alpha value is -1.73. The normalized spacial score (nSPS) is 17.7. The minimum Gasteiger partial charge on any atom is -0.397 e. The number of hydrogen-bond donors (Lipinski definition) is 2. The SMILES string of the molecule is CC(CN1CCCCC1)Nc1ccc(C#N)cc1N. The van der Waals surface area contributed by atoms with Gasteiger partial charge in [0.15, 0.2) is 0 Å². The zero-order valence-corrected chi connectivity index (χ0v) is 11.5. The van der Waals surface area contributed by atoms with Crippen LogP contribution < -0.4 is 11.1 Å². The zero-order valence-electron chi connectivity index (χ0n) is 11.5. The van der Waals surface area contributed by atoms with E-state index in [1.165, 1.54) is 32.4 Å². The van der Waals surface area contributed by atoms with E-state index < -0.39 is 0 Å². The minimum atomic E-state index is 0.355. The van der Waals surface area contributed by atoms with Gasteiger partial charge in [-0.05, 0) is 51.1 Å². The number of nitrogens with zero attached hydrogens (tertiary/aromatic N) is 2. The van der Waals surface area contributed by atoms with E-state index in [0.717, 1.165) is 12.2 Å². The van der Waals surface area contributed by atoms with Crippen molar-refractivity contribution in [3.63, 3.8) is 0 Å². The molecular weight excluding hydrogens is 236 g/mol. The van der Waals surface area contributed by atoms with Gasteiger partial charge >= 0.3 is 0 Å². The molecule has 0 spiro atoms. The molecule has 4 nitrogen and oxygen atoms in total. The summed E-state index contributed by atoms with van der Waals surface area (Å²) < 4.78 is 0. The van der Waals surface area contributed by atoms with E-state index >= 15 is 0 Å². The fraction of sp³-hybridized carbons (Fsp3) is 0.533. The average Bonchev–Trinajstić information content (AvgIpc) is 2.42. The second-order valence-corrected chi connectivity index (χ2v) is 5.32. The lowest BCUT2D eigenvalue weighted by Gasteiger charge is -2.30. The van der Waals surface area contributed by atoms with Crippen LogP contribution >= 0.6 is 0 Å². The third-order valence-corrected chi connectivity index (χ3v) is 3.56. The number of hydrogen-bond acceptors (Lipinski definition) is 4. The van der Waals surface area contributed by atoms with Gasteiger partial charge in [-0.2, -0.15) is 5.26 Å². The highest BCUT2D eigenvalue weighted by Crippen LogP contribution is 2.20. The average molecular weight is 258 g/mol. The number of rotatable bonds is 4. The number of piperidine rings is 1. The molecule has 0 saturated carbocycles. The number of nitrogens with one attached hydrogen (secondary N) is 1. The fourth-order valence-electron chi connectivity index (χ4n) is 2.60. The third-order valence-electron chi connectivity index (χ3n) is 3.56. The van der Waals surface area contributed by atoms with Crippen molar-refractivity contribution in [2.45, 2.75) is 32.2 Å². The predicted molar refractivity (Wildman–Crippen MR) is 78.9 cm³/mol. The van der Waals surface area contributed by atoms with E-state index in [2.05, 4.69) is 23.2 Å². The number of nitriles is 1. The molecule has 1 fully saturated rings. The molecule has 1 saturated heterocycles. The molecule has 1 heterocycles. The van der Waals surface area contributed by atoms with Crippen LogP contribution in [0.1, 0.15) is 31.7 Å². The standard InChI is InChI=1S/C15H22N4/c1-12(11-19-7-3-2-4-8-19)18-15-6-5-13(10-16)9-14(15)17/h5-6,9,12,18H,2-4,7-8,11,17H2,1H3. The van der Waals surface area contributed by atoms with Crippen LogP contribution in [-0.4, -0.2) is 30.6 Å². The summed E-state index contributed by atoms with van der Waals surface area (Å²) in [6, 6.07) is 7.86. The monoisotopic (exact) mass is 258 g/mol. The van der Waals surface area contributed by atoms with Gasteiger partial charge in [-0.1, -0.05) is 6.42 Å². The number of anilines is 2. The van der Waals surface area contributed by atoms with Gasteiger partial charge in [-0.15, -0.1) is 0 Å². The Morgan fingerprint density at radius 1 is 1.37 bits per heavy atom. The summed E-state index contributed by atoms with van der Waals surface area (Å²) >= 11 is 0. The molecular formula is C15H22N4. The van der Waals surface area contributed by atoms with Crippen molar-refractivity contribution in [2.24, 2.45) is 0 Å². The van der Waals surface area contributed by atoms with Gasteiger partial charge in [0.25, 0.3) is 0 Å². The summed E-state index contributed by atoms with van der Waals surface area (Å²) in [6.07, 6.45) is 3.98. The first kappa shape index (κ1) is 13.7. The second-order valence-electron chi connectivity index (χ2n) is 5.32. The Morgan fingerprint density at radius 2 is 2.11 bits per heavy atom. The van der Waals surface area contributed by atoms with Crippen molar-refractivity contribution in [3.8, 4) is 6.07 Å². The van der Waals surface area contributed by atoms with Gasteiger partial charge in [0.1, 0.15) is 0 Å². The quantitative estimate of drug-likeness (QED) is 0.814. The predicted octanol–water partition coefficient (Wildman–Crippen LogP) is 2.43. The van der Waals surface area contributed by atoms with E-state index in [1.807, 2.05) is 6.07 Å². The molecule has 0 aromatic heterocycles. The lowest BCUT2D eigenvalue weighted by Crippen LogP contribution is -2.38. The van der Waals surface area contributed by atoms with Gasteiger partial charge in [0.2, 0.25) is 0 Å². The largest absolute Gasteiger partial charge is 0.397 e. The van der Waals surface area contributed by atoms with E-state index in [0.29, 0.717) is 17.3 Å². The van der Waals surface area contributed by atoms with Crippen molar-refractivity contribution >= 4 is 11.4 Å². The van der Waals surface area contributed by atoms with Crippen LogP contribution in [0.25, 0.3) is 0 Å². The molecule has 19 heavy (non-hydrogen) atoms. The van der Waals surface area contributed by atoms with Crippen LogP contribution in [0.3, 0.4) is 0 Å². The molecule has 0 bridgehead atoms. The fourth-order valence-corrected chi connectivity index (χ4v) is 2.60. The number of benzene rings is 1. The number of nitrogen functional groups attached to an aromatic ring is 1. The molecule has 2 rings (SSSR count). The lowest BCUT2D eigenvalue weighted by molar-refractivity contribution is 0.223. The van der Waals surface area contributed by atoms with Crippen LogP contribution in [0.2, 0.25) is 0 Å². The molecule has 102 valence electrons. The highest BCUT2D eigenvalue weighted by Gasteiger charge is 2.13. The summed E-state index contributed by atoms with van der Waals surface area (Å²) in [5.41, 5.74) is 8.12. The summed E-state index contributed by atoms with van der Waals surface area (Å²) in [6.45, 7) is 5.62. The van der Waals surface area contributed by atoms with Crippen LogP contribution in [0, 0.1) is 11.3 Å². The van der Waals surface area contributed by atoms with Gasteiger partial charge < -0.3 is 16.0 Å². The highest BCUT2D eigenvalue weighted by molar-refractivity contribution is 5.68. The molecule has 0 radical (unpaired) electrons. The van der Waals surface area contributed by atoms with Gasteiger partial charge in [-0.3, -0.25) is 0 Å². The molecule has 1 unspecified atom stereocenters. The van der Waals surface area contributed by atoms with Crippen LogP contribution in [-0.2, 0) is 0 Å². The van der Waals surface area contributed by atoms with Gasteiger partial charge in [0, 0.05) is 12.6 Å². The maximum absolute atomic E-state index is 8.82. The van der Waals surface area contributed by atoms with Crippen LogP contribution in [0.15, 0.2) is 18.2 Å². The van der Waals surface area contributed by atoms with Gasteiger partial charge in [-0.25, -0.2) is 0 Å². The van der Waals surface area contributed by atoms with Crippen LogP contribution in [0.5, 0.6) is 0 Å². The summed E-state index contributed by atoms with van der Waals surface area (Å²) in [5, 5.41) is 12.3. The number of likely N-dealkylation sites (tertiary alicyclic amines) is 1. The van der Waals surface area contributed by atoms with E-state index in [9.17, 15) is 0 Å². The molecule has 1 aliphatic rings. The van der Waals surface area contributed by atoms with Gasteiger partial charge in [0.05, 0.1) is 23.0 Å². The smallest absolute Gasteiger partial charge is 0.0992 e. The number of nitrogens with two attached hydrogens (primary N) is 1. The Balaban J connectivity index is 1.91. The first-order valence-electron chi connectivity index (χ1n) is 6.97. The minimum absolute atomic E-state index is 0.355. The molecule has 0 aliphatic carbocycles. The molecule has 1 atom stereocenters. The van der Waals surface area contributed by atoms with E-state index in [-0.39, 0.29) is 0 Å². The molecule has 1 aliphatic heterocycles. The maximum Gasteiger partial charge on any atom is 0.0992 e. The van der Waals surface area contributed by atoms with Crippen molar-refractivity contribution in [1.29, 1.82) is 5.26 Å². The van der Waals surface area contributed by atoms with Crippen LogP contribution in [0.4, 0.5) is 11.4 Å². The van der Waals surface area contributed by atoms with E-state index in [4.69, 9.17) is 11.0 Å². The van der Waals surface area contributed by atoms with Crippen molar-refractivity contribution in [1.82, 2.24) is 4.90 Å². The molecule has 1 aromatic rings. The lowest BCUT2D eigenvalue weighted by atomic mass is 10.1. The Morgan fingerprint density at radius 3 is 2.74 bits per heavy atom. The van der Waals surface area contributed by atoms with Crippen molar-refractivity contribution in [2.75, 3.05) is 30.7 Å². The first-order valence-corrected chi connectivity index (χ1v) is 6.97. The first-order chi connectivity index (χ1) is 9.19. The summed E-state index contributed by atoms with van der Waals surface area (Å²) in [5.74, 6) is 0. The highest BCUT2D eigenvalue weighted by atomic mass is 15.2. The Labute approximate surface area is 115 Å². The Bertz CT molecular complexity index is 458. The van der Waals surface area contributed by atoms with Crippen molar-refractivity contribution in [3.05, 3.63) is 23.8 Å². The summed E-state index contributed by atoms with van der Waals surface area (Å²) in [7, 11) is 0. The summed E-state index contributed by atoms with van der Waals surface area (Å²) in [4.78, 5) is 2.50. The molecule has 1 aromatic carbocycles. The zero-order chi connectivity index (χ0) is 13.7. The van der Waals surface area contributed by atoms with Crippen molar-refractivity contribution < 1.29 is 0 Å². The maximum atomic E-state index is 8.82. The third kappa shape index (κ3) is 3.87.